The van der Waals surface area contributed by atoms with Gasteiger partial charge in [-0.05, 0) is 0 Å². The average molecular weight is 104 g/mol. The zero-order chi connectivity index (χ0) is 5.54. The minimum Gasteiger partial charge on any atom is -0.383 e. The molecule has 0 heterocycles. The average Bonchev–Trinajstić information content (AvgIpc) is 1.69. The minimum atomic E-state index is 0.486. The molecule has 7 heavy (non-hydrogen) atoms. The highest BCUT2D eigenvalue weighted by atomic mass is 16.5. The highest BCUT2D eigenvalue weighted by Gasteiger charge is 1.76. The van der Waals surface area contributed by atoms with Gasteiger partial charge in [0.25, 0.3) is 0 Å². The van der Waals surface area contributed by atoms with Crippen LogP contribution < -0.4 is 5.43 Å². The number of ether oxygens (including phenoxy) is 1. The van der Waals surface area contributed by atoms with Crippen LogP contribution in [0.15, 0.2) is 5.29 Å². The van der Waals surface area contributed by atoms with Crippen LogP contribution in [0.2, 0.25) is 0 Å². The summed E-state index contributed by atoms with van der Waals surface area (Å²) in [7, 11) is 1.56. The van der Waals surface area contributed by atoms with Crippen LogP contribution in [0.3, 0.4) is 0 Å². The van der Waals surface area contributed by atoms with E-state index in [1.165, 1.54) is 0 Å². The molecule has 1 N–H and O–H groups in total. The number of nitrogens with zero attached hydrogens (tertiary/aromatic N) is 1. The Morgan fingerprint density at radius 2 is 2.57 bits per heavy atom. The fourth-order valence-electron chi connectivity index (χ4n) is 0.193. The largest absolute Gasteiger partial charge is 0.383 e. The molecule has 4 heteroatoms. The smallest absolute Gasteiger partial charge is 0.0653 e. The quantitative estimate of drug-likeness (QED) is 0.308. The number of methoxy groups -OCH3 is 1. The molecule has 0 fully saturated rings. The van der Waals surface area contributed by atoms with Gasteiger partial charge in [0.05, 0.1) is 13.2 Å². The molecule has 42 valence electrons. The Bertz CT molecular complexity index is 48.2. The molecule has 4 nitrogen and oxygen atoms in total. The van der Waals surface area contributed by atoms with Crippen molar-refractivity contribution in [1.82, 2.24) is 5.43 Å². The number of hydrogen-bond acceptors (Lipinski definition) is 3. The van der Waals surface area contributed by atoms with Gasteiger partial charge in [-0.15, -0.1) is 4.91 Å². The molecular weight excluding hydrogens is 96.0 g/mol. The second-order valence-electron chi connectivity index (χ2n) is 0.992. The van der Waals surface area contributed by atoms with Crippen molar-refractivity contribution < 1.29 is 4.74 Å². The third-order valence-corrected chi connectivity index (χ3v) is 0.483. The van der Waals surface area contributed by atoms with E-state index in [9.17, 15) is 4.91 Å². The molecular formula is C3H8N2O2. The van der Waals surface area contributed by atoms with Crippen LogP contribution in [0.4, 0.5) is 0 Å². The van der Waals surface area contributed by atoms with Gasteiger partial charge in [0.1, 0.15) is 0 Å². The maximum atomic E-state index is 9.26. The molecule has 0 aromatic rings. The van der Waals surface area contributed by atoms with Crippen molar-refractivity contribution in [3.8, 4) is 0 Å². The lowest BCUT2D eigenvalue weighted by Crippen LogP contribution is -2.11. The van der Waals surface area contributed by atoms with Crippen LogP contribution in [0.1, 0.15) is 0 Å². The molecule has 0 amide bonds. The van der Waals surface area contributed by atoms with Crippen LogP contribution in [-0.2, 0) is 4.74 Å². The summed E-state index contributed by atoms with van der Waals surface area (Å²) in [5, 5.41) is 2.39. The Hall–Kier alpha value is -0.640. The third-order valence-electron chi connectivity index (χ3n) is 0.483. The van der Waals surface area contributed by atoms with Gasteiger partial charge in [-0.25, -0.2) is 0 Å². The van der Waals surface area contributed by atoms with Crippen molar-refractivity contribution in [3.05, 3.63) is 4.91 Å². The Labute approximate surface area is 41.8 Å². The molecule has 0 saturated heterocycles. The fourth-order valence-corrected chi connectivity index (χ4v) is 0.193. The molecule has 0 aliphatic rings. The summed E-state index contributed by atoms with van der Waals surface area (Å²) in [5.74, 6) is 0. The van der Waals surface area contributed by atoms with Crippen LogP contribution in [0.5, 0.6) is 0 Å². The lowest BCUT2D eigenvalue weighted by atomic mass is 10.7. The van der Waals surface area contributed by atoms with Gasteiger partial charge in [0, 0.05) is 12.4 Å². The van der Waals surface area contributed by atoms with Crippen molar-refractivity contribution in [2.45, 2.75) is 0 Å². The number of nitrogens with one attached hydrogen (secondary N) is 1. The lowest BCUT2D eigenvalue weighted by molar-refractivity contribution is 0.200. The molecule has 0 aromatic heterocycles. The molecule has 0 spiro atoms. The second-order valence-corrected chi connectivity index (χ2v) is 0.992. The van der Waals surface area contributed by atoms with Crippen molar-refractivity contribution in [1.29, 1.82) is 0 Å². The first-order valence-corrected chi connectivity index (χ1v) is 1.96. The monoisotopic (exact) mass is 104 g/mol. The van der Waals surface area contributed by atoms with E-state index in [2.05, 4.69) is 15.4 Å². The molecule has 0 rings (SSSR count). The number of hydrogen-bond donors (Lipinski definition) is 1. The predicted molar refractivity (Wildman–Crippen MR) is 25.7 cm³/mol. The Balaban J connectivity index is 2.56. The van der Waals surface area contributed by atoms with Crippen LogP contribution in [0, 0.1) is 4.91 Å². The van der Waals surface area contributed by atoms with E-state index in [1.54, 1.807) is 7.11 Å². The summed E-state index contributed by atoms with van der Waals surface area (Å²) in [4.78, 5) is 9.26. The fraction of sp³-hybridized carbons (Fsp3) is 1.00. The first-order chi connectivity index (χ1) is 3.41. The highest BCUT2D eigenvalue weighted by Crippen LogP contribution is 1.61. The van der Waals surface area contributed by atoms with E-state index in [1.807, 2.05) is 0 Å². The summed E-state index contributed by atoms with van der Waals surface area (Å²) in [6.07, 6.45) is 0. The van der Waals surface area contributed by atoms with Gasteiger partial charge in [0.2, 0.25) is 0 Å². The van der Waals surface area contributed by atoms with Gasteiger partial charge in [-0.2, -0.15) is 0 Å². The molecule has 0 bridgehead atoms. The van der Waals surface area contributed by atoms with Gasteiger partial charge in [-0.3, -0.25) is 5.43 Å². The lowest BCUT2D eigenvalue weighted by Gasteiger charge is -1.91. The maximum absolute atomic E-state index is 9.26. The summed E-state index contributed by atoms with van der Waals surface area (Å²) >= 11 is 0. The van der Waals surface area contributed by atoms with Crippen molar-refractivity contribution >= 4 is 0 Å². The van der Waals surface area contributed by atoms with Crippen LogP contribution in [0.25, 0.3) is 0 Å². The standard InChI is InChI=1S/C3H8N2O2/c1-7-3-2-4-5-6/h2-3H2,1H3,(H,4,6). The SMILES string of the molecule is COCCNN=O. The predicted octanol–water partition coefficient (Wildman–Crippen LogP) is -0.0962. The van der Waals surface area contributed by atoms with Crippen LogP contribution in [-0.4, -0.2) is 20.3 Å². The second kappa shape index (κ2) is 5.36. The van der Waals surface area contributed by atoms with E-state index in [-0.39, 0.29) is 0 Å². The van der Waals surface area contributed by atoms with Gasteiger partial charge < -0.3 is 4.74 Å². The zero-order valence-corrected chi connectivity index (χ0v) is 4.18. The normalized spacial score (nSPS) is 8.14. The summed E-state index contributed by atoms with van der Waals surface area (Å²) in [6, 6.07) is 0. The molecule has 0 aliphatic carbocycles. The summed E-state index contributed by atoms with van der Waals surface area (Å²) < 4.78 is 4.58. The van der Waals surface area contributed by atoms with E-state index in [0.29, 0.717) is 13.2 Å². The maximum Gasteiger partial charge on any atom is 0.0653 e. The van der Waals surface area contributed by atoms with E-state index < -0.39 is 0 Å². The van der Waals surface area contributed by atoms with E-state index >= 15 is 0 Å². The highest BCUT2D eigenvalue weighted by molar-refractivity contribution is 4.32. The zero-order valence-electron chi connectivity index (χ0n) is 4.18. The van der Waals surface area contributed by atoms with Crippen molar-refractivity contribution in [2.24, 2.45) is 5.29 Å². The summed E-state index contributed by atoms with van der Waals surface area (Å²) in [5.41, 5.74) is 2.19. The first-order valence-electron chi connectivity index (χ1n) is 1.96. The summed E-state index contributed by atoms with van der Waals surface area (Å²) in [6.45, 7) is 1.01. The minimum absolute atomic E-state index is 0.486. The van der Waals surface area contributed by atoms with E-state index in [0.717, 1.165) is 0 Å². The van der Waals surface area contributed by atoms with Gasteiger partial charge in [-0.1, -0.05) is 0 Å². The third kappa shape index (κ3) is 5.36. The number of nitroso groups, excluding NO2 is 1. The van der Waals surface area contributed by atoms with Crippen molar-refractivity contribution in [3.63, 3.8) is 0 Å². The molecule has 0 aromatic carbocycles. The Morgan fingerprint density at radius 3 is 3.00 bits per heavy atom. The Morgan fingerprint density at radius 1 is 1.86 bits per heavy atom. The van der Waals surface area contributed by atoms with Crippen molar-refractivity contribution in [2.75, 3.05) is 20.3 Å². The van der Waals surface area contributed by atoms with Gasteiger partial charge in [0.15, 0.2) is 0 Å². The van der Waals surface area contributed by atoms with E-state index in [4.69, 9.17) is 0 Å². The topological polar surface area (TPSA) is 50.7 Å². The first kappa shape index (κ1) is 6.36. The molecule has 0 atom stereocenters. The molecule has 0 radical (unpaired) electrons. The Kier molecular flexibility index (Phi) is 4.87. The van der Waals surface area contributed by atoms with Crippen LogP contribution >= 0.6 is 0 Å². The van der Waals surface area contributed by atoms with Gasteiger partial charge >= 0.3 is 0 Å². The molecule has 0 aliphatic heterocycles. The molecule has 0 unspecified atom stereocenters. The molecule has 0 saturated carbocycles. The number of rotatable bonds is 4.